The van der Waals surface area contributed by atoms with E-state index in [0.29, 0.717) is 5.56 Å². The van der Waals surface area contributed by atoms with Crippen molar-refractivity contribution >= 4 is 15.9 Å². The van der Waals surface area contributed by atoms with Crippen LogP contribution in [0.5, 0.6) is 0 Å². The fourth-order valence-corrected chi connectivity index (χ4v) is 2.44. The van der Waals surface area contributed by atoms with Crippen molar-refractivity contribution in [2.45, 2.75) is 51.5 Å². The van der Waals surface area contributed by atoms with Crippen molar-refractivity contribution in [2.75, 3.05) is 0 Å². The van der Waals surface area contributed by atoms with Crippen LogP contribution < -0.4 is 11.3 Å². The van der Waals surface area contributed by atoms with Gasteiger partial charge in [-0.2, -0.15) is 0 Å². The Morgan fingerprint density at radius 3 is 2.67 bits per heavy atom. The summed E-state index contributed by atoms with van der Waals surface area (Å²) in [7, 11) is 0. The van der Waals surface area contributed by atoms with E-state index in [-0.39, 0.29) is 11.9 Å². The largest absolute Gasteiger partial charge is 0.271 e. The maximum absolute atomic E-state index is 13.7. The van der Waals surface area contributed by atoms with Gasteiger partial charge in [0.05, 0.1) is 0 Å². The zero-order valence-electron chi connectivity index (χ0n) is 10.9. The first-order chi connectivity index (χ1) is 8.69. The first-order valence-electron chi connectivity index (χ1n) is 6.60. The van der Waals surface area contributed by atoms with Crippen LogP contribution in [0.2, 0.25) is 0 Å². The number of nitrogens with one attached hydrogen (secondary N) is 1. The summed E-state index contributed by atoms with van der Waals surface area (Å²) in [5.41, 5.74) is 3.36. The van der Waals surface area contributed by atoms with Crippen LogP contribution in [-0.2, 0) is 0 Å². The molecule has 102 valence electrons. The van der Waals surface area contributed by atoms with E-state index in [2.05, 4.69) is 28.3 Å². The summed E-state index contributed by atoms with van der Waals surface area (Å²) in [5, 5.41) is 0. The number of nitrogens with two attached hydrogens (primary N) is 1. The van der Waals surface area contributed by atoms with Crippen LogP contribution in [0.3, 0.4) is 0 Å². The molecule has 1 aromatic carbocycles. The molecule has 18 heavy (non-hydrogen) atoms. The van der Waals surface area contributed by atoms with Gasteiger partial charge < -0.3 is 0 Å². The third kappa shape index (κ3) is 5.04. The Labute approximate surface area is 117 Å². The van der Waals surface area contributed by atoms with Gasteiger partial charge in [-0.1, -0.05) is 55.0 Å². The molecule has 0 fully saturated rings. The van der Waals surface area contributed by atoms with Gasteiger partial charge in [0.25, 0.3) is 0 Å². The fourth-order valence-electron chi connectivity index (χ4n) is 2.06. The second-order valence-corrected chi connectivity index (χ2v) is 5.50. The fraction of sp³-hybridized carbons (Fsp3) is 0.571. The van der Waals surface area contributed by atoms with Gasteiger partial charge in [0, 0.05) is 16.1 Å². The SMILES string of the molecule is CCCCCCCC(NN)c1cc(Br)ccc1F. The number of hydrazine groups is 1. The van der Waals surface area contributed by atoms with Gasteiger partial charge in [0.15, 0.2) is 0 Å². The molecule has 0 aliphatic carbocycles. The topological polar surface area (TPSA) is 38.0 Å². The lowest BCUT2D eigenvalue weighted by molar-refractivity contribution is 0.458. The monoisotopic (exact) mass is 316 g/mol. The number of benzene rings is 1. The molecule has 0 spiro atoms. The predicted molar refractivity (Wildman–Crippen MR) is 77.5 cm³/mol. The van der Waals surface area contributed by atoms with Crippen LogP contribution in [0.1, 0.15) is 57.1 Å². The van der Waals surface area contributed by atoms with Crippen LogP contribution in [0.25, 0.3) is 0 Å². The van der Waals surface area contributed by atoms with Crippen LogP contribution in [0.4, 0.5) is 4.39 Å². The molecule has 0 bridgehead atoms. The van der Waals surface area contributed by atoms with Crippen molar-refractivity contribution in [3.63, 3.8) is 0 Å². The maximum Gasteiger partial charge on any atom is 0.128 e. The average Bonchev–Trinajstić information content (AvgIpc) is 2.37. The summed E-state index contributed by atoms with van der Waals surface area (Å²) in [4.78, 5) is 0. The van der Waals surface area contributed by atoms with Gasteiger partial charge in [-0.3, -0.25) is 11.3 Å². The Kier molecular flexibility index (Phi) is 7.47. The highest BCUT2D eigenvalue weighted by atomic mass is 79.9. The minimum atomic E-state index is -0.199. The van der Waals surface area contributed by atoms with Gasteiger partial charge >= 0.3 is 0 Å². The third-order valence-corrected chi connectivity index (χ3v) is 3.62. The molecule has 3 N–H and O–H groups in total. The van der Waals surface area contributed by atoms with Gasteiger partial charge in [-0.15, -0.1) is 0 Å². The normalized spacial score (nSPS) is 12.7. The molecular weight excluding hydrogens is 295 g/mol. The molecule has 2 nitrogen and oxygen atoms in total. The lowest BCUT2D eigenvalue weighted by Gasteiger charge is -2.17. The van der Waals surface area contributed by atoms with Crippen molar-refractivity contribution in [1.29, 1.82) is 0 Å². The highest BCUT2D eigenvalue weighted by Crippen LogP contribution is 2.25. The minimum absolute atomic E-state index is 0.107. The highest BCUT2D eigenvalue weighted by Gasteiger charge is 2.14. The molecule has 0 aliphatic rings. The van der Waals surface area contributed by atoms with Crippen LogP contribution >= 0.6 is 15.9 Å². The molecule has 1 rings (SSSR count). The second kappa shape index (κ2) is 8.62. The van der Waals surface area contributed by atoms with Gasteiger partial charge in [0.1, 0.15) is 5.82 Å². The van der Waals surface area contributed by atoms with E-state index in [1.165, 1.54) is 31.7 Å². The number of halogens is 2. The Balaban J connectivity index is 2.52. The van der Waals surface area contributed by atoms with Gasteiger partial charge in [0.2, 0.25) is 0 Å². The Morgan fingerprint density at radius 1 is 1.28 bits per heavy atom. The van der Waals surface area contributed by atoms with Crippen LogP contribution in [0.15, 0.2) is 22.7 Å². The number of hydrogen-bond acceptors (Lipinski definition) is 2. The first kappa shape index (κ1) is 15.6. The van der Waals surface area contributed by atoms with E-state index in [4.69, 9.17) is 5.84 Å². The van der Waals surface area contributed by atoms with Crippen molar-refractivity contribution in [3.8, 4) is 0 Å². The molecule has 1 aromatic rings. The summed E-state index contributed by atoms with van der Waals surface area (Å²) in [6.45, 7) is 2.20. The summed E-state index contributed by atoms with van der Waals surface area (Å²) < 4.78 is 14.6. The zero-order chi connectivity index (χ0) is 13.4. The highest BCUT2D eigenvalue weighted by molar-refractivity contribution is 9.10. The Morgan fingerprint density at radius 2 is 2.00 bits per heavy atom. The van der Waals surface area contributed by atoms with Crippen molar-refractivity contribution < 1.29 is 4.39 Å². The molecule has 4 heteroatoms. The summed E-state index contributed by atoms with van der Waals surface area (Å²) >= 11 is 3.36. The van der Waals surface area contributed by atoms with Crippen molar-refractivity contribution in [2.24, 2.45) is 5.84 Å². The van der Waals surface area contributed by atoms with E-state index in [1.54, 1.807) is 12.1 Å². The average molecular weight is 317 g/mol. The number of rotatable bonds is 8. The molecule has 0 aliphatic heterocycles. The van der Waals surface area contributed by atoms with E-state index < -0.39 is 0 Å². The summed E-state index contributed by atoms with van der Waals surface area (Å²) in [6, 6.07) is 4.87. The molecule has 0 heterocycles. The van der Waals surface area contributed by atoms with E-state index in [1.807, 2.05) is 0 Å². The third-order valence-electron chi connectivity index (χ3n) is 3.13. The molecule has 1 unspecified atom stereocenters. The smallest absolute Gasteiger partial charge is 0.128 e. The first-order valence-corrected chi connectivity index (χ1v) is 7.39. The maximum atomic E-state index is 13.7. The Hall–Kier alpha value is -0.450. The lowest BCUT2D eigenvalue weighted by atomic mass is 10.00. The molecule has 0 radical (unpaired) electrons. The van der Waals surface area contributed by atoms with Gasteiger partial charge in [-0.05, 0) is 24.6 Å². The predicted octanol–water partition coefficient (Wildman–Crippen LogP) is 4.45. The molecular formula is C14H22BrFN2. The molecule has 0 amide bonds. The quantitative estimate of drug-likeness (QED) is 0.422. The minimum Gasteiger partial charge on any atom is -0.271 e. The zero-order valence-corrected chi connectivity index (χ0v) is 12.5. The summed E-state index contributed by atoms with van der Waals surface area (Å²) in [5.74, 6) is 5.33. The van der Waals surface area contributed by atoms with Crippen molar-refractivity contribution in [3.05, 3.63) is 34.1 Å². The van der Waals surface area contributed by atoms with Crippen molar-refractivity contribution in [1.82, 2.24) is 5.43 Å². The summed E-state index contributed by atoms with van der Waals surface area (Å²) in [6.07, 6.45) is 6.87. The van der Waals surface area contributed by atoms with Gasteiger partial charge in [-0.25, -0.2) is 4.39 Å². The van der Waals surface area contributed by atoms with E-state index >= 15 is 0 Å². The number of hydrogen-bond donors (Lipinski definition) is 2. The van der Waals surface area contributed by atoms with E-state index in [0.717, 1.165) is 17.3 Å². The molecule has 0 saturated carbocycles. The number of unbranched alkanes of at least 4 members (excludes halogenated alkanes) is 4. The molecule has 1 atom stereocenters. The van der Waals surface area contributed by atoms with E-state index in [9.17, 15) is 4.39 Å². The standard InChI is InChI=1S/C14H22BrFN2/c1-2-3-4-5-6-7-14(18-17)12-10-11(15)8-9-13(12)16/h8-10,14,18H,2-7,17H2,1H3. The Bertz CT molecular complexity index is 358. The lowest BCUT2D eigenvalue weighted by Crippen LogP contribution is -2.28. The van der Waals surface area contributed by atoms with Crippen LogP contribution in [-0.4, -0.2) is 0 Å². The molecule has 0 saturated heterocycles. The van der Waals surface area contributed by atoms with Crippen LogP contribution in [0, 0.1) is 5.82 Å². The molecule has 0 aromatic heterocycles. The second-order valence-electron chi connectivity index (χ2n) is 4.59.